The summed E-state index contributed by atoms with van der Waals surface area (Å²) in [6, 6.07) is 14.6. The molecule has 1 amide bonds. The summed E-state index contributed by atoms with van der Waals surface area (Å²) in [4.78, 5) is 28.2. The van der Waals surface area contributed by atoms with Gasteiger partial charge < -0.3 is 9.73 Å². The first-order valence-corrected chi connectivity index (χ1v) is 8.05. The second kappa shape index (κ2) is 8.06. The van der Waals surface area contributed by atoms with E-state index in [0.717, 1.165) is 16.8 Å². The lowest BCUT2D eigenvalue weighted by atomic mass is 10.1. The van der Waals surface area contributed by atoms with E-state index in [0.29, 0.717) is 12.1 Å². The van der Waals surface area contributed by atoms with Gasteiger partial charge in [0.15, 0.2) is 5.78 Å². The van der Waals surface area contributed by atoms with Crippen molar-refractivity contribution >= 4 is 11.7 Å². The number of hydrogen-bond acceptors (Lipinski definition) is 4. The predicted octanol–water partition coefficient (Wildman–Crippen LogP) is 3.62. The van der Waals surface area contributed by atoms with Crippen LogP contribution in [0.2, 0.25) is 0 Å². The van der Waals surface area contributed by atoms with E-state index in [2.05, 4.69) is 10.3 Å². The molecule has 0 saturated carbocycles. The van der Waals surface area contributed by atoms with Crippen molar-refractivity contribution in [3.63, 3.8) is 0 Å². The zero-order valence-electron chi connectivity index (χ0n) is 13.6. The third kappa shape index (κ3) is 4.64. The summed E-state index contributed by atoms with van der Waals surface area (Å²) in [5, 5.41) is 2.81. The van der Waals surface area contributed by atoms with Gasteiger partial charge in [-0.2, -0.15) is 0 Å². The van der Waals surface area contributed by atoms with Crippen LogP contribution in [0.1, 0.15) is 28.8 Å². The van der Waals surface area contributed by atoms with E-state index in [1.165, 1.54) is 0 Å². The van der Waals surface area contributed by atoms with Crippen molar-refractivity contribution in [2.45, 2.75) is 19.4 Å². The number of hydrogen-bond donors (Lipinski definition) is 1. The van der Waals surface area contributed by atoms with Crippen LogP contribution in [0.4, 0.5) is 0 Å². The second-order valence-electron chi connectivity index (χ2n) is 5.63. The van der Waals surface area contributed by atoms with Gasteiger partial charge in [-0.25, -0.2) is 0 Å². The molecule has 0 atom stereocenters. The van der Waals surface area contributed by atoms with Gasteiger partial charge in [0.05, 0.1) is 18.2 Å². The van der Waals surface area contributed by atoms with Crippen LogP contribution in [0.15, 0.2) is 71.7 Å². The Bertz CT molecular complexity index is 825. The average Bonchev–Trinajstić information content (AvgIpc) is 3.20. The van der Waals surface area contributed by atoms with E-state index in [9.17, 15) is 9.59 Å². The Morgan fingerprint density at radius 2 is 1.84 bits per heavy atom. The highest BCUT2D eigenvalue weighted by molar-refractivity contribution is 5.97. The van der Waals surface area contributed by atoms with Crippen LogP contribution in [0.5, 0.6) is 0 Å². The van der Waals surface area contributed by atoms with Crippen molar-refractivity contribution in [2.24, 2.45) is 0 Å². The molecular formula is C20H18N2O3. The van der Waals surface area contributed by atoms with Gasteiger partial charge in [-0.1, -0.05) is 36.4 Å². The lowest BCUT2D eigenvalue weighted by Crippen LogP contribution is -2.23. The molecule has 0 aliphatic heterocycles. The SMILES string of the molecule is O=C(CCC(=O)c1ccccc1)NCc1ccc(-c2ccoc2)nc1. The first kappa shape index (κ1) is 16.6. The molecule has 0 radical (unpaired) electrons. The number of benzene rings is 1. The number of amides is 1. The number of aromatic nitrogens is 1. The van der Waals surface area contributed by atoms with Crippen molar-refractivity contribution in [2.75, 3.05) is 0 Å². The average molecular weight is 334 g/mol. The first-order valence-electron chi connectivity index (χ1n) is 8.05. The van der Waals surface area contributed by atoms with Crippen LogP contribution < -0.4 is 5.32 Å². The zero-order valence-corrected chi connectivity index (χ0v) is 13.6. The molecule has 126 valence electrons. The smallest absolute Gasteiger partial charge is 0.220 e. The van der Waals surface area contributed by atoms with E-state index < -0.39 is 0 Å². The number of Topliss-reactive ketones (excluding diaryl/α,β-unsaturated/α-hetero) is 1. The number of furan rings is 1. The Hall–Kier alpha value is -3.21. The molecule has 5 heteroatoms. The lowest BCUT2D eigenvalue weighted by molar-refractivity contribution is -0.121. The van der Waals surface area contributed by atoms with E-state index in [1.54, 1.807) is 30.9 Å². The minimum atomic E-state index is -0.150. The summed E-state index contributed by atoms with van der Waals surface area (Å²) >= 11 is 0. The molecule has 2 heterocycles. The number of carbonyl (C=O) groups excluding carboxylic acids is 2. The minimum Gasteiger partial charge on any atom is -0.472 e. The predicted molar refractivity (Wildman–Crippen MR) is 93.8 cm³/mol. The van der Waals surface area contributed by atoms with Gasteiger partial charge in [0, 0.05) is 36.7 Å². The van der Waals surface area contributed by atoms with Crippen molar-refractivity contribution in [3.8, 4) is 11.3 Å². The molecule has 3 aromatic rings. The fourth-order valence-corrected chi connectivity index (χ4v) is 2.39. The number of carbonyl (C=O) groups is 2. The van der Waals surface area contributed by atoms with Gasteiger partial charge in [-0.3, -0.25) is 14.6 Å². The monoisotopic (exact) mass is 334 g/mol. The largest absolute Gasteiger partial charge is 0.472 e. The molecule has 25 heavy (non-hydrogen) atoms. The van der Waals surface area contributed by atoms with E-state index >= 15 is 0 Å². The topological polar surface area (TPSA) is 72.2 Å². The fourth-order valence-electron chi connectivity index (χ4n) is 2.39. The highest BCUT2D eigenvalue weighted by atomic mass is 16.3. The number of nitrogens with one attached hydrogen (secondary N) is 1. The number of rotatable bonds is 7. The van der Waals surface area contributed by atoms with Crippen LogP contribution in [0, 0.1) is 0 Å². The Labute approximate surface area is 145 Å². The quantitative estimate of drug-likeness (QED) is 0.670. The summed E-state index contributed by atoms with van der Waals surface area (Å²) in [6.07, 6.45) is 5.33. The minimum absolute atomic E-state index is 0.0260. The highest BCUT2D eigenvalue weighted by Crippen LogP contribution is 2.17. The number of pyridine rings is 1. The second-order valence-corrected chi connectivity index (χ2v) is 5.63. The lowest BCUT2D eigenvalue weighted by Gasteiger charge is -2.06. The van der Waals surface area contributed by atoms with Crippen LogP contribution in [-0.2, 0) is 11.3 Å². The molecule has 3 rings (SSSR count). The van der Waals surface area contributed by atoms with Crippen molar-refractivity contribution in [1.82, 2.24) is 10.3 Å². The Balaban J connectivity index is 1.45. The van der Waals surface area contributed by atoms with Crippen LogP contribution in [0.3, 0.4) is 0 Å². The van der Waals surface area contributed by atoms with Gasteiger partial charge in [-0.15, -0.1) is 0 Å². The maximum atomic E-state index is 12.0. The zero-order chi connectivity index (χ0) is 17.5. The molecule has 0 bridgehead atoms. The van der Waals surface area contributed by atoms with Gasteiger partial charge in [0.1, 0.15) is 0 Å². The Morgan fingerprint density at radius 1 is 1.00 bits per heavy atom. The standard InChI is InChI=1S/C20H18N2O3/c23-19(16-4-2-1-3-5-16)8-9-20(24)22-13-15-6-7-18(21-12-15)17-10-11-25-14-17/h1-7,10-12,14H,8-9,13H2,(H,22,24). The van der Waals surface area contributed by atoms with E-state index in [1.807, 2.05) is 36.4 Å². The van der Waals surface area contributed by atoms with Gasteiger partial charge in [-0.05, 0) is 17.7 Å². The maximum Gasteiger partial charge on any atom is 0.220 e. The van der Waals surface area contributed by atoms with Crippen LogP contribution in [-0.4, -0.2) is 16.7 Å². The highest BCUT2D eigenvalue weighted by Gasteiger charge is 2.09. The molecule has 2 aromatic heterocycles. The Kier molecular flexibility index (Phi) is 5.36. The molecule has 0 fully saturated rings. The summed E-state index contributed by atoms with van der Waals surface area (Å²) in [5.74, 6) is -0.176. The number of ketones is 1. The summed E-state index contributed by atoms with van der Waals surface area (Å²) in [7, 11) is 0. The van der Waals surface area contributed by atoms with Crippen LogP contribution >= 0.6 is 0 Å². The fraction of sp³-hybridized carbons (Fsp3) is 0.150. The molecule has 0 saturated heterocycles. The third-order valence-electron chi connectivity index (χ3n) is 3.81. The molecule has 5 nitrogen and oxygen atoms in total. The van der Waals surface area contributed by atoms with E-state index in [-0.39, 0.29) is 24.5 Å². The van der Waals surface area contributed by atoms with E-state index in [4.69, 9.17) is 4.42 Å². The molecular weight excluding hydrogens is 316 g/mol. The summed E-state index contributed by atoms with van der Waals surface area (Å²) in [6.45, 7) is 0.386. The van der Waals surface area contributed by atoms with Gasteiger partial charge in [0.25, 0.3) is 0 Å². The first-order chi connectivity index (χ1) is 12.2. The Morgan fingerprint density at radius 3 is 2.52 bits per heavy atom. The van der Waals surface area contributed by atoms with Crippen molar-refractivity contribution < 1.29 is 14.0 Å². The maximum absolute atomic E-state index is 12.0. The van der Waals surface area contributed by atoms with Crippen molar-refractivity contribution in [3.05, 3.63) is 78.4 Å². The molecule has 0 aliphatic rings. The molecule has 0 unspecified atom stereocenters. The third-order valence-corrected chi connectivity index (χ3v) is 3.81. The molecule has 1 N–H and O–H groups in total. The number of nitrogens with zero attached hydrogens (tertiary/aromatic N) is 1. The molecule has 1 aromatic carbocycles. The van der Waals surface area contributed by atoms with Crippen LogP contribution in [0.25, 0.3) is 11.3 Å². The van der Waals surface area contributed by atoms with Gasteiger partial charge in [0.2, 0.25) is 5.91 Å². The molecule has 0 spiro atoms. The van der Waals surface area contributed by atoms with Gasteiger partial charge >= 0.3 is 0 Å². The van der Waals surface area contributed by atoms with Crippen molar-refractivity contribution in [1.29, 1.82) is 0 Å². The summed E-state index contributed by atoms with van der Waals surface area (Å²) in [5.41, 5.74) is 3.26. The molecule has 0 aliphatic carbocycles. The normalized spacial score (nSPS) is 10.4. The summed E-state index contributed by atoms with van der Waals surface area (Å²) < 4.78 is 5.03.